The topological polar surface area (TPSA) is 51.2 Å². The fourth-order valence-corrected chi connectivity index (χ4v) is 7.58. The summed E-state index contributed by atoms with van der Waals surface area (Å²) in [4.78, 5) is 17.4. The zero-order valence-corrected chi connectivity index (χ0v) is 22.8. The van der Waals surface area contributed by atoms with Gasteiger partial charge in [-0.25, -0.2) is 9.18 Å². The van der Waals surface area contributed by atoms with E-state index >= 15 is 0 Å². The summed E-state index contributed by atoms with van der Waals surface area (Å²) in [6, 6.07) is 11.9. The number of amides is 1. The first-order valence-electron chi connectivity index (χ1n) is 13.2. The van der Waals surface area contributed by atoms with Gasteiger partial charge in [0.15, 0.2) is 5.79 Å². The molecule has 8 heteroatoms. The van der Waals surface area contributed by atoms with E-state index in [-0.39, 0.29) is 29.9 Å². The van der Waals surface area contributed by atoms with E-state index in [1.807, 2.05) is 50.4 Å². The van der Waals surface area contributed by atoms with E-state index in [1.165, 1.54) is 16.8 Å². The van der Waals surface area contributed by atoms with Gasteiger partial charge in [-0.3, -0.25) is 0 Å². The summed E-state index contributed by atoms with van der Waals surface area (Å²) in [6.07, 6.45) is 0.602. The zero-order chi connectivity index (χ0) is 25.9. The van der Waals surface area contributed by atoms with Crippen LogP contribution >= 0.6 is 11.8 Å². The molecule has 0 spiro atoms. The van der Waals surface area contributed by atoms with Crippen molar-refractivity contribution in [3.63, 3.8) is 0 Å². The average Bonchev–Trinajstić information content (AvgIpc) is 3.37. The molecule has 2 aromatic rings. The lowest BCUT2D eigenvalue weighted by molar-refractivity contribution is -0.150. The van der Waals surface area contributed by atoms with E-state index in [0.29, 0.717) is 26.3 Å². The summed E-state index contributed by atoms with van der Waals surface area (Å²) in [6.45, 7) is 9.88. The van der Waals surface area contributed by atoms with Crippen molar-refractivity contribution in [3.8, 4) is 0 Å². The molecular weight excluding hydrogens is 491 g/mol. The lowest BCUT2D eigenvalue weighted by Crippen LogP contribution is -2.50. The molecule has 0 aliphatic carbocycles. The number of ether oxygens (including phenoxy) is 3. The fourth-order valence-electron chi connectivity index (χ4n) is 6.45. The lowest BCUT2D eigenvalue weighted by atomic mass is 9.88. The molecule has 0 aromatic heterocycles. The number of fused-ring (bicyclic) bond motifs is 3. The highest BCUT2D eigenvalue weighted by molar-refractivity contribution is 7.98. The molecule has 4 heterocycles. The highest BCUT2D eigenvalue weighted by Crippen LogP contribution is 2.54. The molecule has 3 atom stereocenters. The first-order chi connectivity index (χ1) is 17.6. The summed E-state index contributed by atoms with van der Waals surface area (Å²) in [5.74, 6) is 0.746. The molecule has 0 N–H and O–H groups in total. The molecule has 37 heavy (non-hydrogen) atoms. The van der Waals surface area contributed by atoms with Crippen LogP contribution in [0.1, 0.15) is 68.3 Å². The first-order valence-corrected chi connectivity index (χ1v) is 14.3. The standard InChI is InChI=1S/C29H35FN2O4S/c1-28(2,3)36-27(33)31-11-10-24-22(15-31)20-7-5-6-18-16-37-17-25(32(24)26(18)20)21-9-8-19(30)14-23(21)29(4)34-12-13-35-29/h5-9,14,22,24-25H,10-13,15-17H2,1-4H3. The number of rotatable bonds is 2. The van der Waals surface area contributed by atoms with E-state index in [4.69, 9.17) is 14.2 Å². The molecule has 0 radical (unpaired) electrons. The number of carbonyl (C=O) groups is 1. The van der Waals surface area contributed by atoms with Crippen molar-refractivity contribution in [1.82, 2.24) is 4.90 Å². The van der Waals surface area contributed by atoms with E-state index in [1.54, 1.807) is 12.1 Å². The Balaban J connectivity index is 1.40. The van der Waals surface area contributed by atoms with Crippen molar-refractivity contribution in [3.05, 3.63) is 64.5 Å². The quantitative estimate of drug-likeness (QED) is 0.482. The Bertz CT molecular complexity index is 1210. The summed E-state index contributed by atoms with van der Waals surface area (Å²) < 4.78 is 32.3. The number of benzene rings is 2. The largest absolute Gasteiger partial charge is 0.444 e. The van der Waals surface area contributed by atoms with Crippen LogP contribution in [0, 0.1) is 5.82 Å². The number of nitrogens with zero attached hydrogens (tertiary/aromatic N) is 2. The van der Waals surface area contributed by atoms with Gasteiger partial charge >= 0.3 is 6.09 Å². The number of halogens is 1. The Morgan fingerprint density at radius 1 is 1.16 bits per heavy atom. The van der Waals surface area contributed by atoms with Gasteiger partial charge in [0.1, 0.15) is 11.4 Å². The van der Waals surface area contributed by atoms with Gasteiger partial charge < -0.3 is 24.0 Å². The monoisotopic (exact) mass is 526 g/mol. The number of likely N-dealkylation sites (tertiary alicyclic amines) is 1. The van der Waals surface area contributed by atoms with Crippen molar-refractivity contribution < 1.29 is 23.4 Å². The van der Waals surface area contributed by atoms with Crippen LogP contribution in [0.2, 0.25) is 0 Å². The van der Waals surface area contributed by atoms with Gasteiger partial charge in [-0.05, 0) is 62.9 Å². The Kier molecular flexibility index (Phi) is 6.20. The molecule has 4 aliphatic rings. The van der Waals surface area contributed by atoms with Crippen molar-refractivity contribution >= 4 is 23.5 Å². The molecule has 0 saturated carbocycles. The SMILES string of the molecule is CC(C)(C)OC(=O)N1CCC2C(C1)c1cccc3c1N2C(c1ccc(F)cc1C1(C)OCCO1)CSC3. The molecule has 2 saturated heterocycles. The maximum atomic E-state index is 14.6. The fraction of sp³-hybridized carbons (Fsp3) is 0.552. The highest BCUT2D eigenvalue weighted by Gasteiger charge is 2.49. The second-order valence-electron chi connectivity index (χ2n) is 11.6. The Hall–Kier alpha value is -2.29. The van der Waals surface area contributed by atoms with Gasteiger partial charge in [-0.15, -0.1) is 0 Å². The van der Waals surface area contributed by atoms with Crippen molar-refractivity contribution in [2.75, 3.05) is 37.0 Å². The second-order valence-corrected chi connectivity index (χ2v) is 12.6. The minimum absolute atomic E-state index is 0.0377. The number of para-hydroxylation sites is 1. The molecule has 3 unspecified atom stereocenters. The summed E-state index contributed by atoms with van der Waals surface area (Å²) >= 11 is 1.91. The number of carbonyl (C=O) groups excluding carboxylic acids is 1. The van der Waals surface area contributed by atoms with Gasteiger partial charge in [0, 0.05) is 47.8 Å². The average molecular weight is 527 g/mol. The van der Waals surface area contributed by atoms with E-state index in [0.717, 1.165) is 29.1 Å². The number of hydrogen-bond donors (Lipinski definition) is 0. The maximum absolute atomic E-state index is 14.6. The van der Waals surface area contributed by atoms with Crippen LogP contribution in [0.5, 0.6) is 0 Å². The summed E-state index contributed by atoms with van der Waals surface area (Å²) in [7, 11) is 0. The van der Waals surface area contributed by atoms with Crippen LogP contribution in [0.3, 0.4) is 0 Å². The molecule has 0 bridgehead atoms. The predicted molar refractivity (Wildman–Crippen MR) is 142 cm³/mol. The van der Waals surface area contributed by atoms with Crippen molar-refractivity contribution in [1.29, 1.82) is 0 Å². The first kappa shape index (κ1) is 25.0. The minimum atomic E-state index is -0.962. The van der Waals surface area contributed by atoms with Crippen LogP contribution in [-0.2, 0) is 25.8 Å². The minimum Gasteiger partial charge on any atom is -0.444 e. The van der Waals surface area contributed by atoms with Gasteiger partial charge in [-0.1, -0.05) is 24.3 Å². The van der Waals surface area contributed by atoms with E-state index < -0.39 is 11.4 Å². The summed E-state index contributed by atoms with van der Waals surface area (Å²) in [5, 5.41) is 0. The zero-order valence-electron chi connectivity index (χ0n) is 22.0. The predicted octanol–water partition coefficient (Wildman–Crippen LogP) is 5.95. The highest BCUT2D eigenvalue weighted by atomic mass is 32.2. The molecule has 198 valence electrons. The molecule has 4 aliphatic heterocycles. The van der Waals surface area contributed by atoms with Gasteiger partial charge in [0.25, 0.3) is 0 Å². The lowest BCUT2D eigenvalue weighted by Gasteiger charge is -2.43. The van der Waals surface area contributed by atoms with Crippen LogP contribution in [0.25, 0.3) is 0 Å². The van der Waals surface area contributed by atoms with Gasteiger partial charge in [0.05, 0.1) is 19.3 Å². The second kappa shape index (κ2) is 9.17. The van der Waals surface area contributed by atoms with Crippen LogP contribution in [0.4, 0.5) is 14.9 Å². The molecule has 1 amide bonds. The molecule has 6 nitrogen and oxygen atoms in total. The number of anilines is 1. The molecule has 6 rings (SSSR count). The van der Waals surface area contributed by atoms with Gasteiger partial charge in [-0.2, -0.15) is 11.8 Å². The molecule has 2 aromatic carbocycles. The third-order valence-corrected chi connectivity index (χ3v) is 9.03. The van der Waals surface area contributed by atoms with Crippen molar-refractivity contribution in [2.45, 2.75) is 69.3 Å². The Morgan fingerprint density at radius 2 is 1.95 bits per heavy atom. The Morgan fingerprint density at radius 3 is 2.70 bits per heavy atom. The van der Waals surface area contributed by atoms with E-state index in [9.17, 15) is 9.18 Å². The third-order valence-electron chi connectivity index (χ3n) is 7.96. The summed E-state index contributed by atoms with van der Waals surface area (Å²) in [5.41, 5.74) is 5.20. The van der Waals surface area contributed by atoms with Crippen LogP contribution in [0.15, 0.2) is 36.4 Å². The smallest absolute Gasteiger partial charge is 0.410 e. The molecule has 2 fully saturated rings. The Labute approximate surface area is 222 Å². The number of hydrogen-bond acceptors (Lipinski definition) is 6. The van der Waals surface area contributed by atoms with Crippen LogP contribution in [-0.4, -0.2) is 54.7 Å². The van der Waals surface area contributed by atoms with E-state index in [2.05, 4.69) is 23.1 Å². The maximum Gasteiger partial charge on any atom is 0.410 e. The van der Waals surface area contributed by atoms with Gasteiger partial charge in [0.2, 0.25) is 0 Å². The normalized spacial score (nSPS) is 26.5. The molecular formula is C29H35FN2O4S. The van der Waals surface area contributed by atoms with Crippen LogP contribution < -0.4 is 4.90 Å². The number of thioether (sulfide) groups is 1. The third kappa shape index (κ3) is 4.41. The van der Waals surface area contributed by atoms with Crippen molar-refractivity contribution in [2.24, 2.45) is 0 Å². The number of piperidine rings is 1.